The molecule has 0 fully saturated rings. The molecular weight excluding hydrogens is 424 g/mol. The van der Waals surface area contributed by atoms with E-state index >= 15 is 0 Å². The molecule has 0 aromatic carbocycles. The van der Waals surface area contributed by atoms with Gasteiger partial charge in [0.05, 0.1) is 17.3 Å². The molecule has 6 heteroatoms. The Bertz CT molecular complexity index is 732. The first kappa shape index (κ1) is 36.1. The summed E-state index contributed by atoms with van der Waals surface area (Å²) in [5.74, 6) is -0.317. The van der Waals surface area contributed by atoms with E-state index < -0.39 is 0 Å². The van der Waals surface area contributed by atoms with Gasteiger partial charge in [-0.15, -0.1) is 0 Å². The van der Waals surface area contributed by atoms with E-state index in [1.165, 1.54) is 5.57 Å². The Kier molecular flexibility index (Phi) is 21.2. The third-order valence-corrected chi connectivity index (χ3v) is 4.11. The molecule has 0 aliphatic carbocycles. The molecule has 1 amide bonds. The SMILES string of the molecule is C=C/C=C\C=C(/C)CC(C)(C)C.CCCC=O.CN[C@@H](C)C(N)=O.Cc1ccn(C(C)(C)C)n1. The van der Waals surface area contributed by atoms with E-state index in [1.54, 1.807) is 20.0 Å². The predicted octanol–water partition coefficient (Wildman–Crippen LogP) is 6.12. The van der Waals surface area contributed by atoms with Crippen LogP contribution in [-0.4, -0.2) is 35.1 Å². The minimum atomic E-state index is -0.317. The molecule has 1 aromatic heterocycles. The Morgan fingerprint density at radius 1 is 1.24 bits per heavy atom. The quantitative estimate of drug-likeness (QED) is 0.366. The second-order valence-electron chi connectivity index (χ2n) is 10.3. The lowest BCUT2D eigenvalue weighted by molar-refractivity contribution is -0.119. The third-order valence-electron chi connectivity index (χ3n) is 4.11. The van der Waals surface area contributed by atoms with Crippen molar-refractivity contribution < 1.29 is 9.59 Å². The first-order valence-corrected chi connectivity index (χ1v) is 11.9. The van der Waals surface area contributed by atoms with Gasteiger partial charge in [0.25, 0.3) is 0 Å². The van der Waals surface area contributed by atoms with Crippen LogP contribution >= 0.6 is 0 Å². The average molecular weight is 477 g/mol. The van der Waals surface area contributed by atoms with Crippen LogP contribution in [0.1, 0.15) is 87.3 Å². The number of nitrogens with zero attached hydrogens (tertiary/aromatic N) is 2. The minimum absolute atomic E-state index is 0.119. The number of carbonyl (C=O) groups excluding carboxylic acids is 2. The van der Waals surface area contributed by atoms with Crippen molar-refractivity contribution in [2.45, 2.75) is 100 Å². The molecule has 3 N–H and O–H groups in total. The lowest BCUT2D eigenvalue weighted by Crippen LogP contribution is -2.36. The molecule has 0 aliphatic heterocycles. The number of aromatic nitrogens is 2. The summed E-state index contributed by atoms with van der Waals surface area (Å²) in [7, 11) is 1.69. The number of amides is 1. The molecule has 0 unspecified atom stereocenters. The monoisotopic (exact) mass is 476 g/mol. The van der Waals surface area contributed by atoms with Gasteiger partial charge in [-0.3, -0.25) is 9.48 Å². The van der Waals surface area contributed by atoms with Gasteiger partial charge in [-0.05, 0) is 72.9 Å². The second kappa shape index (κ2) is 20.0. The van der Waals surface area contributed by atoms with E-state index in [2.05, 4.69) is 71.5 Å². The van der Waals surface area contributed by atoms with E-state index in [0.717, 1.165) is 24.8 Å². The maximum atomic E-state index is 10.1. The summed E-state index contributed by atoms with van der Waals surface area (Å²) in [6, 6.07) is 1.81. The maximum absolute atomic E-state index is 10.1. The van der Waals surface area contributed by atoms with Gasteiger partial charge in [-0.25, -0.2) is 0 Å². The summed E-state index contributed by atoms with van der Waals surface area (Å²) in [6.07, 6.45) is 13.7. The van der Waals surface area contributed by atoms with Gasteiger partial charge in [0.1, 0.15) is 6.29 Å². The number of aryl methyl sites for hydroxylation is 1. The van der Waals surface area contributed by atoms with Crippen molar-refractivity contribution in [1.29, 1.82) is 0 Å². The molecule has 1 rings (SSSR count). The molecule has 1 heterocycles. The highest BCUT2D eigenvalue weighted by molar-refractivity contribution is 5.79. The van der Waals surface area contributed by atoms with Crippen LogP contribution in [0.15, 0.2) is 48.7 Å². The molecule has 1 atom stereocenters. The lowest BCUT2D eigenvalue weighted by atomic mass is 9.88. The average Bonchev–Trinajstić information content (AvgIpc) is 3.15. The van der Waals surface area contributed by atoms with E-state index in [1.807, 2.05) is 42.9 Å². The van der Waals surface area contributed by atoms with Crippen LogP contribution in [0.25, 0.3) is 0 Å². The first-order chi connectivity index (χ1) is 15.5. The molecule has 0 aliphatic rings. The van der Waals surface area contributed by atoms with Gasteiger partial charge in [0, 0.05) is 12.6 Å². The number of unbranched alkanes of at least 4 members (excludes halogenated alkanes) is 1. The zero-order valence-electron chi connectivity index (χ0n) is 23.7. The first-order valence-electron chi connectivity index (χ1n) is 11.9. The van der Waals surface area contributed by atoms with Crippen molar-refractivity contribution in [3.63, 3.8) is 0 Å². The third kappa shape index (κ3) is 25.8. The van der Waals surface area contributed by atoms with Gasteiger partial charge >= 0.3 is 0 Å². The van der Waals surface area contributed by atoms with Crippen LogP contribution < -0.4 is 11.1 Å². The Balaban J connectivity index is -0.000000396. The maximum Gasteiger partial charge on any atom is 0.234 e. The summed E-state index contributed by atoms with van der Waals surface area (Å²) in [4.78, 5) is 19.5. The number of nitrogens with one attached hydrogen (secondary N) is 1. The summed E-state index contributed by atoms with van der Waals surface area (Å²) >= 11 is 0. The smallest absolute Gasteiger partial charge is 0.234 e. The van der Waals surface area contributed by atoms with Crippen LogP contribution in [-0.2, 0) is 15.1 Å². The molecular formula is C28H52N4O2. The van der Waals surface area contributed by atoms with Crippen molar-refractivity contribution >= 4 is 12.2 Å². The van der Waals surface area contributed by atoms with Crippen LogP contribution in [0.2, 0.25) is 0 Å². The second-order valence-corrected chi connectivity index (χ2v) is 10.3. The molecule has 34 heavy (non-hydrogen) atoms. The number of hydrogen-bond acceptors (Lipinski definition) is 4. The summed E-state index contributed by atoms with van der Waals surface area (Å²) in [5, 5.41) is 6.99. The topological polar surface area (TPSA) is 90.0 Å². The van der Waals surface area contributed by atoms with Crippen LogP contribution in [0, 0.1) is 12.3 Å². The van der Waals surface area contributed by atoms with Crippen LogP contribution in [0.5, 0.6) is 0 Å². The minimum Gasteiger partial charge on any atom is -0.368 e. The Morgan fingerprint density at radius 3 is 2.00 bits per heavy atom. The normalized spacial score (nSPS) is 12.3. The van der Waals surface area contributed by atoms with Crippen LogP contribution in [0.4, 0.5) is 0 Å². The Morgan fingerprint density at radius 2 is 1.79 bits per heavy atom. The van der Waals surface area contributed by atoms with Gasteiger partial charge < -0.3 is 15.8 Å². The van der Waals surface area contributed by atoms with E-state index in [0.29, 0.717) is 11.8 Å². The fourth-order valence-corrected chi connectivity index (χ4v) is 2.24. The van der Waals surface area contributed by atoms with Crippen molar-refractivity contribution in [1.82, 2.24) is 15.1 Å². The molecule has 1 aromatic rings. The summed E-state index contributed by atoms with van der Waals surface area (Å²) in [6.45, 7) is 24.6. The standard InChI is InChI=1S/C12H20.C8H14N2.C4H10N2O.C4H8O/c1-6-7-8-9-11(2)10-12(3,4)5;1-7-5-6-10(9-7)8(2,3)4;1-3(6-2)4(5)7;1-2-3-4-5/h6-9H,1,10H2,2-5H3;5-6H,1-4H3;3,6H,1-2H3,(H2,5,7);4H,2-3H2,1H3/b8-7-,11-9+;;;/t;;3-;/m..0./s1. The van der Waals surface area contributed by atoms with Gasteiger partial charge in [0.2, 0.25) is 5.91 Å². The van der Waals surface area contributed by atoms with Crippen molar-refractivity contribution in [2.75, 3.05) is 7.05 Å². The number of aldehydes is 1. The van der Waals surface area contributed by atoms with Crippen molar-refractivity contribution in [3.8, 4) is 0 Å². The molecule has 0 bridgehead atoms. The number of rotatable bonds is 7. The largest absolute Gasteiger partial charge is 0.368 e. The summed E-state index contributed by atoms with van der Waals surface area (Å²) < 4.78 is 1.97. The molecule has 6 nitrogen and oxygen atoms in total. The Hall–Kier alpha value is -2.47. The molecule has 0 spiro atoms. The zero-order chi connectivity index (χ0) is 27.4. The highest BCUT2D eigenvalue weighted by Gasteiger charge is 2.12. The number of allylic oxidation sites excluding steroid dienone is 5. The lowest BCUT2D eigenvalue weighted by Gasteiger charge is -2.18. The molecule has 0 saturated heterocycles. The number of primary amides is 1. The van der Waals surface area contributed by atoms with Gasteiger partial charge in [-0.1, -0.05) is 64.2 Å². The van der Waals surface area contributed by atoms with Crippen molar-refractivity contribution in [2.24, 2.45) is 11.1 Å². The van der Waals surface area contributed by atoms with Crippen molar-refractivity contribution in [3.05, 3.63) is 54.4 Å². The Labute approximate surface area is 209 Å². The highest BCUT2D eigenvalue weighted by Crippen LogP contribution is 2.23. The predicted molar refractivity (Wildman–Crippen MR) is 148 cm³/mol. The molecule has 0 radical (unpaired) electrons. The van der Waals surface area contributed by atoms with E-state index in [-0.39, 0.29) is 17.5 Å². The van der Waals surface area contributed by atoms with E-state index in [9.17, 15) is 9.59 Å². The van der Waals surface area contributed by atoms with Gasteiger partial charge in [0.15, 0.2) is 0 Å². The zero-order valence-corrected chi connectivity index (χ0v) is 23.7. The fraction of sp³-hybridized carbons (Fsp3) is 0.607. The fourth-order valence-electron chi connectivity index (χ4n) is 2.24. The molecule has 196 valence electrons. The van der Waals surface area contributed by atoms with Gasteiger partial charge in [-0.2, -0.15) is 5.10 Å². The number of nitrogens with two attached hydrogens (primary N) is 1. The number of likely N-dealkylation sites (N-methyl/N-ethyl adjacent to an activating group) is 1. The number of hydrogen-bond donors (Lipinski definition) is 2. The molecule has 0 saturated carbocycles. The summed E-state index contributed by atoms with van der Waals surface area (Å²) in [5.41, 5.74) is 7.85. The van der Waals surface area contributed by atoms with E-state index in [4.69, 9.17) is 5.73 Å². The highest BCUT2D eigenvalue weighted by atomic mass is 16.1. The number of carbonyl (C=O) groups is 2. The van der Waals surface area contributed by atoms with Crippen LogP contribution in [0.3, 0.4) is 0 Å².